The number of hydrogen-bond donors (Lipinski definition) is 2. The number of nitrogens with one attached hydrogen (secondary N) is 1. The molecular weight excluding hydrogens is 254 g/mol. The molecule has 0 saturated carbocycles. The van der Waals surface area contributed by atoms with E-state index < -0.39 is 15.6 Å². The molecule has 0 aliphatic carbocycles. The van der Waals surface area contributed by atoms with E-state index in [1.54, 1.807) is 6.92 Å². The quantitative estimate of drug-likeness (QED) is 0.667. The van der Waals surface area contributed by atoms with Crippen LogP contribution in [0.2, 0.25) is 0 Å². The molecule has 0 aromatic rings. The molecule has 6 nitrogen and oxygen atoms in total. The van der Waals surface area contributed by atoms with Gasteiger partial charge >= 0.3 is 0 Å². The van der Waals surface area contributed by atoms with Gasteiger partial charge in [-0.15, -0.1) is 0 Å². The Morgan fingerprint density at radius 2 is 1.94 bits per heavy atom. The van der Waals surface area contributed by atoms with Crippen LogP contribution in [0.3, 0.4) is 0 Å². The molecule has 1 atom stereocenters. The summed E-state index contributed by atoms with van der Waals surface area (Å²) in [5, 5.41) is 13.1. The van der Waals surface area contributed by atoms with Crippen LogP contribution in [0, 0.1) is 0 Å². The molecule has 18 heavy (non-hydrogen) atoms. The molecule has 2 aliphatic rings. The van der Waals surface area contributed by atoms with E-state index in [4.69, 9.17) is 0 Å². The molecule has 106 valence electrons. The summed E-state index contributed by atoms with van der Waals surface area (Å²) in [6.07, 6.45) is 0.528. The SMILES string of the molecule is CC1(O)CCN(S(=O)(=O)CCN2CCNCC2)C1. The van der Waals surface area contributed by atoms with Crippen molar-refractivity contribution in [2.24, 2.45) is 0 Å². The lowest BCUT2D eigenvalue weighted by atomic mass is 10.1. The van der Waals surface area contributed by atoms with Crippen LogP contribution in [-0.4, -0.2) is 79.9 Å². The summed E-state index contributed by atoms with van der Waals surface area (Å²) >= 11 is 0. The smallest absolute Gasteiger partial charge is 0.215 e. The summed E-state index contributed by atoms with van der Waals surface area (Å²) in [6, 6.07) is 0. The van der Waals surface area contributed by atoms with Gasteiger partial charge in [-0.1, -0.05) is 0 Å². The van der Waals surface area contributed by atoms with Gasteiger partial charge in [0, 0.05) is 45.8 Å². The van der Waals surface area contributed by atoms with Gasteiger partial charge in [0.15, 0.2) is 0 Å². The first kappa shape index (κ1) is 14.2. The molecule has 2 fully saturated rings. The van der Waals surface area contributed by atoms with Crippen molar-refractivity contribution in [3.05, 3.63) is 0 Å². The van der Waals surface area contributed by atoms with Gasteiger partial charge < -0.3 is 10.4 Å². The molecule has 2 N–H and O–H groups in total. The number of rotatable bonds is 4. The molecule has 2 rings (SSSR count). The highest BCUT2D eigenvalue weighted by Gasteiger charge is 2.37. The van der Waals surface area contributed by atoms with Crippen molar-refractivity contribution in [2.45, 2.75) is 18.9 Å². The molecular formula is C11H23N3O3S. The molecule has 7 heteroatoms. The summed E-state index contributed by atoms with van der Waals surface area (Å²) in [4.78, 5) is 2.17. The van der Waals surface area contributed by atoms with Gasteiger partial charge in [-0.2, -0.15) is 4.31 Å². The molecule has 0 aromatic carbocycles. The Kier molecular flexibility index (Phi) is 4.28. The Morgan fingerprint density at radius 3 is 2.50 bits per heavy atom. The van der Waals surface area contributed by atoms with Crippen LogP contribution < -0.4 is 5.32 Å². The van der Waals surface area contributed by atoms with Crippen molar-refractivity contribution in [3.8, 4) is 0 Å². The fourth-order valence-corrected chi connectivity index (χ4v) is 4.04. The topological polar surface area (TPSA) is 72.9 Å². The van der Waals surface area contributed by atoms with Gasteiger partial charge in [0.25, 0.3) is 0 Å². The number of hydrogen-bond acceptors (Lipinski definition) is 5. The Balaban J connectivity index is 1.84. The fraction of sp³-hybridized carbons (Fsp3) is 1.00. The predicted octanol–water partition coefficient (Wildman–Crippen LogP) is -1.32. The van der Waals surface area contributed by atoms with E-state index in [0.717, 1.165) is 26.2 Å². The Bertz CT molecular complexity index is 377. The molecule has 1 unspecified atom stereocenters. The zero-order valence-corrected chi connectivity index (χ0v) is 11.7. The van der Waals surface area contributed by atoms with Crippen LogP contribution in [0.15, 0.2) is 0 Å². The average molecular weight is 277 g/mol. The molecule has 2 aliphatic heterocycles. The van der Waals surface area contributed by atoms with Gasteiger partial charge in [-0.3, -0.25) is 4.90 Å². The first-order chi connectivity index (χ1) is 8.39. The second kappa shape index (κ2) is 5.42. The van der Waals surface area contributed by atoms with E-state index in [1.807, 2.05) is 0 Å². The Morgan fingerprint density at radius 1 is 1.28 bits per heavy atom. The highest BCUT2D eigenvalue weighted by atomic mass is 32.2. The summed E-state index contributed by atoms with van der Waals surface area (Å²) in [6.45, 7) is 6.63. The van der Waals surface area contributed by atoms with E-state index >= 15 is 0 Å². The molecule has 2 heterocycles. The second-order valence-electron chi connectivity index (χ2n) is 5.49. The van der Waals surface area contributed by atoms with E-state index in [0.29, 0.717) is 19.5 Å². The van der Waals surface area contributed by atoms with E-state index in [2.05, 4.69) is 10.2 Å². The second-order valence-corrected chi connectivity index (χ2v) is 7.58. The minimum absolute atomic E-state index is 0.156. The van der Waals surface area contributed by atoms with E-state index in [-0.39, 0.29) is 12.3 Å². The zero-order chi connectivity index (χ0) is 13.2. The maximum Gasteiger partial charge on any atom is 0.215 e. The molecule has 0 spiro atoms. The maximum absolute atomic E-state index is 12.1. The Labute approximate surface area is 109 Å². The van der Waals surface area contributed by atoms with E-state index in [1.165, 1.54) is 4.31 Å². The molecule has 0 radical (unpaired) electrons. The molecule has 0 bridgehead atoms. The average Bonchev–Trinajstić information content (AvgIpc) is 2.69. The third kappa shape index (κ3) is 3.64. The third-order valence-corrected chi connectivity index (χ3v) is 5.48. The minimum atomic E-state index is -3.22. The minimum Gasteiger partial charge on any atom is -0.389 e. The number of β-amino-alcohol motifs (C(OH)–C–C–N with tert-alkyl or cyclic N) is 1. The van der Waals surface area contributed by atoms with Crippen LogP contribution in [0.5, 0.6) is 0 Å². The van der Waals surface area contributed by atoms with Crippen molar-refractivity contribution in [1.29, 1.82) is 0 Å². The summed E-state index contributed by atoms with van der Waals surface area (Å²) in [5.41, 5.74) is -0.859. The van der Waals surface area contributed by atoms with Crippen LogP contribution >= 0.6 is 0 Å². The predicted molar refractivity (Wildman–Crippen MR) is 69.9 cm³/mol. The molecule has 0 aromatic heterocycles. The van der Waals surface area contributed by atoms with Crippen molar-refractivity contribution in [3.63, 3.8) is 0 Å². The highest BCUT2D eigenvalue weighted by Crippen LogP contribution is 2.23. The first-order valence-electron chi connectivity index (χ1n) is 6.52. The number of nitrogens with zero attached hydrogens (tertiary/aromatic N) is 2. The normalized spacial score (nSPS) is 31.9. The van der Waals surface area contributed by atoms with Crippen molar-refractivity contribution in [1.82, 2.24) is 14.5 Å². The van der Waals surface area contributed by atoms with Crippen molar-refractivity contribution in [2.75, 3.05) is 51.6 Å². The number of piperazine rings is 1. The summed E-state index contributed by atoms with van der Waals surface area (Å²) in [5.74, 6) is 0.156. The zero-order valence-electron chi connectivity index (χ0n) is 10.9. The van der Waals surface area contributed by atoms with Gasteiger partial charge in [-0.05, 0) is 13.3 Å². The Hall–Kier alpha value is -0.210. The van der Waals surface area contributed by atoms with Crippen molar-refractivity contribution < 1.29 is 13.5 Å². The van der Waals surface area contributed by atoms with Gasteiger partial charge in [0.1, 0.15) is 0 Å². The van der Waals surface area contributed by atoms with E-state index in [9.17, 15) is 13.5 Å². The lowest BCUT2D eigenvalue weighted by Crippen LogP contribution is -2.46. The van der Waals surface area contributed by atoms with Crippen LogP contribution in [0.1, 0.15) is 13.3 Å². The maximum atomic E-state index is 12.1. The van der Waals surface area contributed by atoms with Gasteiger partial charge in [0.05, 0.1) is 11.4 Å². The van der Waals surface area contributed by atoms with Gasteiger partial charge in [0.2, 0.25) is 10.0 Å². The summed E-state index contributed by atoms with van der Waals surface area (Å²) < 4.78 is 25.7. The highest BCUT2D eigenvalue weighted by molar-refractivity contribution is 7.89. The monoisotopic (exact) mass is 277 g/mol. The fourth-order valence-electron chi connectivity index (χ4n) is 2.45. The first-order valence-corrected chi connectivity index (χ1v) is 8.13. The lowest BCUT2D eigenvalue weighted by Gasteiger charge is -2.28. The third-order valence-electron chi connectivity index (χ3n) is 3.69. The number of aliphatic hydroxyl groups is 1. The lowest BCUT2D eigenvalue weighted by molar-refractivity contribution is 0.0762. The standard InChI is InChI=1S/C11H23N3O3S/c1-11(15)2-5-14(10-11)18(16,17)9-8-13-6-3-12-4-7-13/h12,15H,2-10H2,1H3. The number of sulfonamides is 1. The van der Waals surface area contributed by atoms with Crippen LogP contribution in [0.4, 0.5) is 0 Å². The van der Waals surface area contributed by atoms with Gasteiger partial charge in [-0.25, -0.2) is 8.42 Å². The largest absolute Gasteiger partial charge is 0.389 e. The van der Waals surface area contributed by atoms with Crippen molar-refractivity contribution >= 4 is 10.0 Å². The molecule has 0 amide bonds. The van der Waals surface area contributed by atoms with Crippen LogP contribution in [-0.2, 0) is 10.0 Å². The molecule has 2 saturated heterocycles. The summed E-state index contributed by atoms with van der Waals surface area (Å²) in [7, 11) is -3.22. The van der Waals surface area contributed by atoms with Crippen LogP contribution in [0.25, 0.3) is 0 Å².